The molecule has 3 nitrogen and oxygen atoms in total. The van der Waals surface area contributed by atoms with Crippen LogP contribution in [0.15, 0.2) is 35.0 Å². The van der Waals surface area contributed by atoms with Crippen molar-refractivity contribution in [1.29, 1.82) is 5.26 Å². The van der Waals surface area contributed by atoms with Crippen molar-refractivity contribution in [2.24, 2.45) is 0 Å². The Bertz CT molecular complexity index is 662. The summed E-state index contributed by atoms with van der Waals surface area (Å²) in [5, 5.41) is 21.7. The van der Waals surface area contributed by atoms with Crippen LogP contribution in [0.5, 0.6) is 0 Å². The van der Waals surface area contributed by atoms with Gasteiger partial charge in [-0.3, -0.25) is 0 Å². The van der Waals surface area contributed by atoms with E-state index >= 15 is 0 Å². The van der Waals surface area contributed by atoms with Gasteiger partial charge in [0.05, 0.1) is 23.8 Å². The van der Waals surface area contributed by atoms with Crippen LogP contribution in [0, 0.1) is 11.3 Å². The SMILES string of the molecule is N#Cc1ccc(N(CCO)Cc2ccsc2)cc1C(F)(F)F. The number of alkyl halides is 3. The summed E-state index contributed by atoms with van der Waals surface area (Å²) >= 11 is 1.50. The van der Waals surface area contributed by atoms with Gasteiger partial charge in [-0.25, -0.2) is 0 Å². The molecular weight excluding hydrogens is 313 g/mol. The highest BCUT2D eigenvalue weighted by molar-refractivity contribution is 7.07. The van der Waals surface area contributed by atoms with Crippen molar-refractivity contribution in [3.05, 3.63) is 51.7 Å². The summed E-state index contributed by atoms with van der Waals surface area (Å²) in [7, 11) is 0. The minimum Gasteiger partial charge on any atom is -0.395 e. The van der Waals surface area contributed by atoms with E-state index in [2.05, 4.69) is 0 Å². The zero-order valence-electron chi connectivity index (χ0n) is 11.5. The van der Waals surface area contributed by atoms with Crippen molar-refractivity contribution >= 4 is 17.0 Å². The number of aliphatic hydroxyl groups excluding tert-OH is 1. The van der Waals surface area contributed by atoms with Gasteiger partial charge >= 0.3 is 6.18 Å². The fourth-order valence-corrected chi connectivity index (χ4v) is 2.74. The van der Waals surface area contributed by atoms with E-state index in [0.717, 1.165) is 17.7 Å². The third-order valence-electron chi connectivity index (χ3n) is 3.12. The van der Waals surface area contributed by atoms with E-state index in [4.69, 9.17) is 10.4 Å². The molecule has 2 rings (SSSR count). The van der Waals surface area contributed by atoms with Crippen molar-refractivity contribution in [3.63, 3.8) is 0 Å². The molecule has 1 N–H and O–H groups in total. The largest absolute Gasteiger partial charge is 0.417 e. The predicted octanol–water partition coefficient (Wildman–Crippen LogP) is 3.64. The Kier molecular flexibility index (Phi) is 5.06. The summed E-state index contributed by atoms with van der Waals surface area (Å²) in [4.78, 5) is 1.65. The Morgan fingerprint density at radius 1 is 1.27 bits per heavy atom. The molecule has 116 valence electrons. The van der Waals surface area contributed by atoms with E-state index in [9.17, 15) is 13.2 Å². The highest BCUT2D eigenvalue weighted by Gasteiger charge is 2.34. The average molecular weight is 326 g/mol. The second kappa shape index (κ2) is 6.81. The van der Waals surface area contributed by atoms with Crippen LogP contribution in [0.2, 0.25) is 0 Å². The number of anilines is 1. The lowest BCUT2D eigenvalue weighted by molar-refractivity contribution is -0.137. The number of hydrogen-bond donors (Lipinski definition) is 1. The number of aliphatic hydroxyl groups is 1. The first kappa shape index (κ1) is 16.3. The monoisotopic (exact) mass is 326 g/mol. The number of benzene rings is 1. The number of halogens is 3. The van der Waals surface area contributed by atoms with Gasteiger partial charge in [-0.2, -0.15) is 29.8 Å². The van der Waals surface area contributed by atoms with E-state index in [1.807, 2.05) is 16.8 Å². The summed E-state index contributed by atoms with van der Waals surface area (Å²) in [5.41, 5.74) is -0.0839. The third kappa shape index (κ3) is 3.78. The number of nitrogens with zero attached hydrogens (tertiary/aromatic N) is 2. The molecule has 0 fully saturated rings. The molecule has 0 aliphatic carbocycles. The van der Waals surface area contributed by atoms with Gasteiger partial charge in [0.25, 0.3) is 0 Å². The van der Waals surface area contributed by atoms with E-state index in [1.165, 1.54) is 17.4 Å². The van der Waals surface area contributed by atoms with E-state index < -0.39 is 17.3 Å². The topological polar surface area (TPSA) is 47.3 Å². The van der Waals surface area contributed by atoms with Crippen LogP contribution in [0.25, 0.3) is 0 Å². The van der Waals surface area contributed by atoms with Crippen molar-refractivity contribution in [1.82, 2.24) is 0 Å². The maximum Gasteiger partial charge on any atom is 0.417 e. The maximum absolute atomic E-state index is 13.0. The van der Waals surface area contributed by atoms with E-state index in [1.54, 1.807) is 11.0 Å². The maximum atomic E-state index is 13.0. The molecular formula is C15H13F3N2OS. The second-order valence-corrected chi connectivity index (χ2v) is 5.40. The van der Waals surface area contributed by atoms with E-state index in [0.29, 0.717) is 12.2 Å². The first-order chi connectivity index (χ1) is 10.5. The molecule has 0 atom stereocenters. The molecule has 0 saturated heterocycles. The van der Waals surface area contributed by atoms with Gasteiger partial charge in [0.1, 0.15) is 0 Å². The van der Waals surface area contributed by atoms with Crippen LogP contribution in [0.1, 0.15) is 16.7 Å². The first-order valence-electron chi connectivity index (χ1n) is 6.44. The lowest BCUT2D eigenvalue weighted by Gasteiger charge is -2.24. The van der Waals surface area contributed by atoms with Crippen LogP contribution in [-0.4, -0.2) is 18.3 Å². The fraction of sp³-hybridized carbons (Fsp3) is 0.267. The smallest absolute Gasteiger partial charge is 0.395 e. The molecule has 0 unspecified atom stereocenters. The Morgan fingerprint density at radius 2 is 2.05 bits per heavy atom. The zero-order valence-corrected chi connectivity index (χ0v) is 12.3. The minimum atomic E-state index is -4.59. The van der Waals surface area contributed by atoms with Crippen LogP contribution < -0.4 is 4.90 Å². The molecule has 1 aromatic heterocycles. The van der Waals surface area contributed by atoms with Crippen molar-refractivity contribution in [2.45, 2.75) is 12.7 Å². The number of hydrogen-bond acceptors (Lipinski definition) is 4. The Balaban J connectivity index is 2.37. The van der Waals surface area contributed by atoms with Crippen molar-refractivity contribution in [2.75, 3.05) is 18.1 Å². The summed E-state index contributed by atoms with van der Waals surface area (Å²) < 4.78 is 39.1. The zero-order chi connectivity index (χ0) is 16.2. The van der Waals surface area contributed by atoms with Gasteiger partial charge in [0.15, 0.2) is 0 Å². The highest BCUT2D eigenvalue weighted by Crippen LogP contribution is 2.34. The quantitative estimate of drug-likeness (QED) is 0.912. The highest BCUT2D eigenvalue weighted by atomic mass is 32.1. The second-order valence-electron chi connectivity index (χ2n) is 4.62. The minimum absolute atomic E-state index is 0.175. The normalized spacial score (nSPS) is 11.2. The lowest BCUT2D eigenvalue weighted by atomic mass is 10.1. The summed E-state index contributed by atoms with van der Waals surface area (Å²) in [6.07, 6.45) is -4.59. The van der Waals surface area contributed by atoms with Gasteiger partial charge in [-0.1, -0.05) is 0 Å². The Hall–Kier alpha value is -2.04. The van der Waals surface area contributed by atoms with Crippen LogP contribution in [-0.2, 0) is 12.7 Å². The van der Waals surface area contributed by atoms with Gasteiger partial charge in [-0.05, 0) is 40.6 Å². The fourth-order valence-electron chi connectivity index (χ4n) is 2.08. The molecule has 0 saturated carbocycles. The van der Waals surface area contributed by atoms with Gasteiger partial charge < -0.3 is 10.0 Å². The number of rotatable bonds is 5. The Labute approximate surface area is 129 Å². The predicted molar refractivity (Wildman–Crippen MR) is 78.6 cm³/mol. The lowest BCUT2D eigenvalue weighted by Crippen LogP contribution is -2.26. The summed E-state index contributed by atoms with van der Waals surface area (Å²) in [6.45, 7) is 0.428. The van der Waals surface area contributed by atoms with Gasteiger partial charge in [-0.15, -0.1) is 0 Å². The molecule has 0 bridgehead atoms. The molecule has 1 heterocycles. The summed E-state index contributed by atoms with van der Waals surface area (Å²) in [6, 6.07) is 7.03. The molecule has 0 amide bonds. The van der Waals surface area contributed by atoms with Crippen LogP contribution in [0.4, 0.5) is 18.9 Å². The van der Waals surface area contributed by atoms with Gasteiger partial charge in [0, 0.05) is 18.8 Å². The van der Waals surface area contributed by atoms with Crippen LogP contribution >= 0.6 is 11.3 Å². The molecule has 0 radical (unpaired) electrons. The molecule has 2 aromatic rings. The Morgan fingerprint density at radius 3 is 2.59 bits per heavy atom. The molecule has 0 spiro atoms. The molecule has 7 heteroatoms. The average Bonchev–Trinajstić information content (AvgIpc) is 2.98. The molecule has 0 aliphatic heterocycles. The summed E-state index contributed by atoms with van der Waals surface area (Å²) in [5.74, 6) is 0. The van der Waals surface area contributed by atoms with Crippen molar-refractivity contribution in [3.8, 4) is 6.07 Å². The van der Waals surface area contributed by atoms with E-state index in [-0.39, 0.29) is 13.2 Å². The third-order valence-corrected chi connectivity index (χ3v) is 3.85. The molecule has 1 aromatic carbocycles. The van der Waals surface area contributed by atoms with Gasteiger partial charge in [0.2, 0.25) is 0 Å². The number of nitriles is 1. The molecule has 22 heavy (non-hydrogen) atoms. The van der Waals surface area contributed by atoms with Crippen molar-refractivity contribution < 1.29 is 18.3 Å². The standard InChI is InChI=1S/C15H13F3N2OS/c16-15(17,18)14-7-13(2-1-12(14)8-19)20(4-5-21)9-11-3-6-22-10-11/h1-3,6-7,10,21H,4-5,9H2. The number of thiophene rings is 1. The first-order valence-corrected chi connectivity index (χ1v) is 7.38. The van der Waals surface area contributed by atoms with Crippen LogP contribution in [0.3, 0.4) is 0 Å². The molecule has 0 aliphatic rings.